The van der Waals surface area contributed by atoms with E-state index in [1.807, 2.05) is 36.5 Å². The Hall–Kier alpha value is -4.25. The number of aliphatic carboxylic acids is 1. The Morgan fingerprint density at radius 2 is 2.00 bits per heavy atom. The second kappa shape index (κ2) is 10.7. The molecule has 0 bridgehead atoms. The van der Waals surface area contributed by atoms with Crippen molar-refractivity contribution in [3.05, 3.63) is 65.4 Å². The predicted octanol–water partition coefficient (Wildman–Crippen LogP) is 3.30. The smallest absolute Gasteiger partial charge is 0.341 e. The SMILES string of the molecule is CCOc1cc(/C=C(/C#N)C(=O)NCCc2c[nH]c3ccccc23)ccc1OCC(=O)O. The number of para-hydroxylation sites is 1. The number of rotatable bonds is 10. The van der Waals surface area contributed by atoms with Crippen LogP contribution in [0, 0.1) is 11.3 Å². The summed E-state index contributed by atoms with van der Waals surface area (Å²) in [6.07, 6.45) is 3.99. The average Bonchev–Trinajstić information content (AvgIpc) is 3.20. The van der Waals surface area contributed by atoms with Gasteiger partial charge in [-0.05, 0) is 48.7 Å². The van der Waals surface area contributed by atoms with Crippen molar-refractivity contribution in [1.82, 2.24) is 10.3 Å². The Morgan fingerprint density at radius 1 is 1.19 bits per heavy atom. The van der Waals surface area contributed by atoms with Gasteiger partial charge in [0.1, 0.15) is 11.6 Å². The number of carbonyl (C=O) groups excluding carboxylic acids is 1. The van der Waals surface area contributed by atoms with Crippen LogP contribution in [0.25, 0.3) is 17.0 Å². The molecule has 32 heavy (non-hydrogen) atoms. The highest BCUT2D eigenvalue weighted by atomic mass is 16.5. The summed E-state index contributed by atoms with van der Waals surface area (Å²) in [6.45, 7) is 2.00. The molecule has 3 aromatic rings. The lowest BCUT2D eigenvalue weighted by atomic mass is 10.1. The first-order valence-corrected chi connectivity index (χ1v) is 10.1. The molecule has 0 aliphatic rings. The fraction of sp³-hybridized carbons (Fsp3) is 0.208. The third kappa shape index (κ3) is 5.67. The van der Waals surface area contributed by atoms with Crippen LogP contribution >= 0.6 is 0 Å². The van der Waals surface area contributed by atoms with Crippen molar-refractivity contribution in [2.24, 2.45) is 0 Å². The first-order valence-electron chi connectivity index (χ1n) is 10.1. The molecule has 0 radical (unpaired) electrons. The van der Waals surface area contributed by atoms with Crippen LogP contribution in [0.4, 0.5) is 0 Å². The largest absolute Gasteiger partial charge is 0.490 e. The van der Waals surface area contributed by atoms with E-state index in [-0.39, 0.29) is 11.3 Å². The van der Waals surface area contributed by atoms with Gasteiger partial charge in [0.15, 0.2) is 18.1 Å². The molecule has 3 N–H and O–H groups in total. The maximum absolute atomic E-state index is 12.5. The second-order valence-corrected chi connectivity index (χ2v) is 6.86. The zero-order valence-electron chi connectivity index (χ0n) is 17.6. The highest BCUT2D eigenvalue weighted by Gasteiger charge is 2.12. The molecule has 3 rings (SSSR count). The molecule has 2 aromatic carbocycles. The number of carboxylic acids is 1. The molecule has 1 heterocycles. The third-order valence-corrected chi connectivity index (χ3v) is 4.65. The number of benzene rings is 2. The number of ether oxygens (including phenoxy) is 2. The molecule has 0 aliphatic carbocycles. The summed E-state index contributed by atoms with van der Waals surface area (Å²) in [5.41, 5.74) is 2.62. The van der Waals surface area contributed by atoms with E-state index in [4.69, 9.17) is 14.6 Å². The number of nitriles is 1. The van der Waals surface area contributed by atoms with E-state index in [1.165, 1.54) is 6.08 Å². The van der Waals surface area contributed by atoms with E-state index in [0.717, 1.165) is 16.5 Å². The molecule has 0 saturated heterocycles. The predicted molar refractivity (Wildman–Crippen MR) is 119 cm³/mol. The maximum atomic E-state index is 12.5. The Morgan fingerprint density at radius 3 is 2.75 bits per heavy atom. The van der Waals surface area contributed by atoms with Crippen molar-refractivity contribution < 1.29 is 24.2 Å². The van der Waals surface area contributed by atoms with Crippen LogP contribution in [0.15, 0.2) is 54.2 Å². The van der Waals surface area contributed by atoms with Gasteiger partial charge in [-0.15, -0.1) is 0 Å². The zero-order chi connectivity index (χ0) is 22.9. The van der Waals surface area contributed by atoms with Crippen molar-refractivity contribution >= 4 is 28.9 Å². The van der Waals surface area contributed by atoms with Gasteiger partial charge in [0.05, 0.1) is 6.61 Å². The van der Waals surface area contributed by atoms with Crippen molar-refractivity contribution in [3.63, 3.8) is 0 Å². The molecule has 1 aromatic heterocycles. The topological polar surface area (TPSA) is 124 Å². The van der Waals surface area contributed by atoms with Gasteiger partial charge in [-0.3, -0.25) is 4.79 Å². The number of aromatic nitrogens is 1. The van der Waals surface area contributed by atoms with Crippen LogP contribution in [0.2, 0.25) is 0 Å². The molecule has 164 valence electrons. The molecule has 0 fully saturated rings. The maximum Gasteiger partial charge on any atom is 0.341 e. The fourth-order valence-electron chi connectivity index (χ4n) is 3.20. The lowest BCUT2D eigenvalue weighted by Crippen LogP contribution is -2.26. The summed E-state index contributed by atoms with van der Waals surface area (Å²) < 4.78 is 10.7. The monoisotopic (exact) mass is 433 g/mol. The van der Waals surface area contributed by atoms with Gasteiger partial charge < -0.3 is 24.9 Å². The number of fused-ring (bicyclic) bond motifs is 1. The number of nitrogens with zero attached hydrogens (tertiary/aromatic N) is 1. The van der Waals surface area contributed by atoms with Crippen LogP contribution in [0.5, 0.6) is 11.5 Å². The molecule has 8 nitrogen and oxygen atoms in total. The average molecular weight is 433 g/mol. The summed E-state index contributed by atoms with van der Waals surface area (Å²) in [4.78, 5) is 26.4. The van der Waals surface area contributed by atoms with Crippen LogP contribution in [0.1, 0.15) is 18.1 Å². The van der Waals surface area contributed by atoms with Gasteiger partial charge in [0.25, 0.3) is 5.91 Å². The van der Waals surface area contributed by atoms with Gasteiger partial charge >= 0.3 is 5.97 Å². The summed E-state index contributed by atoms with van der Waals surface area (Å²) in [7, 11) is 0. The van der Waals surface area contributed by atoms with Crippen molar-refractivity contribution in [2.45, 2.75) is 13.3 Å². The summed E-state index contributed by atoms with van der Waals surface area (Å²) >= 11 is 0. The van der Waals surface area contributed by atoms with E-state index in [1.54, 1.807) is 25.1 Å². The number of carbonyl (C=O) groups is 2. The number of aromatic amines is 1. The van der Waals surface area contributed by atoms with Gasteiger partial charge in [-0.25, -0.2) is 4.79 Å². The van der Waals surface area contributed by atoms with E-state index in [2.05, 4.69) is 10.3 Å². The quantitative estimate of drug-likeness (QED) is 0.333. The molecule has 0 atom stereocenters. The molecule has 0 aliphatic heterocycles. The second-order valence-electron chi connectivity index (χ2n) is 6.86. The van der Waals surface area contributed by atoms with Crippen molar-refractivity contribution in [2.75, 3.05) is 19.8 Å². The number of nitrogens with one attached hydrogen (secondary N) is 2. The summed E-state index contributed by atoms with van der Waals surface area (Å²) in [5, 5.41) is 22.1. The van der Waals surface area contributed by atoms with Crippen LogP contribution < -0.4 is 14.8 Å². The van der Waals surface area contributed by atoms with E-state index >= 15 is 0 Å². The number of H-pyrrole nitrogens is 1. The van der Waals surface area contributed by atoms with E-state index in [0.29, 0.717) is 30.9 Å². The highest BCUT2D eigenvalue weighted by molar-refractivity contribution is 6.01. The first-order chi connectivity index (χ1) is 15.5. The number of amides is 1. The minimum Gasteiger partial charge on any atom is -0.490 e. The molecule has 0 saturated carbocycles. The van der Waals surface area contributed by atoms with E-state index < -0.39 is 18.5 Å². The van der Waals surface area contributed by atoms with Crippen molar-refractivity contribution in [1.29, 1.82) is 5.26 Å². The fourth-order valence-corrected chi connectivity index (χ4v) is 3.20. The molecule has 8 heteroatoms. The third-order valence-electron chi connectivity index (χ3n) is 4.65. The van der Waals surface area contributed by atoms with Gasteiger partial charge in [-0.1, -0.05) is 24.3 Å². The Labute approximate surface area is 185 Å². The lowest BCUT2D eigenvalue weighted by molar-refractivity contribution is -0.139. The van der Waals surface area contributed by atoms with Crippen LogP contribution in [-0.4, -0.2) is 41.7 Å². The van der Waals surface area contributed by atoms with Gasteiger partial charge in [0, 0.05) is 23.6 Å². The number of hydrogen-bond donors (Lipinski definition) is 3. The molecular weight excluding hydrogens is 410 g/mol. The standard InChI is InChI=1S/C24H23N3O5/c1-2-31-22-12-16(7-8-21(22)32-15-23(28)29)11-18(13-25)24(30)26-10-9-17-14-27-20-6-4-3-5-19(17)20/h3-8,11-12,14,27H,2,9-10,15H2,1H3,(H,26,30)(H,28,29)/b18-11-. The minimum atomic E-state index is -1.10. The van der Waals surface area contributed by atoms with Gasteiger partial charge in [0.2, 0.25) is 0 Å². The zero-order valence-corrected chi connectivity index (χ0v) is 17.6. The normalized spacial score (nSPS) is 11.1. The molecule has 0 spiro atoms. The highest BCUT2D eigenvalue weighted by Crippen LogP contribution is 2.29. The van der Waals surface area contributed by atoms with Crippen LogP contribution in [0.3, 0.4) is 0 Å². The molecule has 0 unspecified atom stereocenters. The number of hydrogen-bond acceptors (Lipinski definition) is 5. The lowest BCUT2D eigenvalue weighted by Gasteiger charge is -2.11. The summed E-state index contributed by atoms with van der Waals surface area (Å²) in [6, 6.07) is 14.6. The Kier molecular flexibility index (Phi) is 7.49. The summed E-state index contributed by atoms with van der Waals surface area (Å²) in [5.74, 6) is -0.975. The minimum absolute atomic E-state index is 0.0504. The van der Waals surface area contributed by atoms with E-state index in [9.17, 15) is 14.9 Å². The van der Waals surface area contributed by atoms with Crippen LogP contribution in [-0.2, 0) is 16.0 Å². The molecular formula is C24H23N3O5. The number of carboxylic acid groups (broad SMARTS) is 1. The Balaban J connectivity index is 1.67. The van der Waals surface area contributed by atoms with Crippen molar-refractivity contribution in [3.8, 4) is 17.6 Å². The van der Waals surface area contributed by atoms with Gasteiger partial charge in [-0.2, -0.15) is 5.26 Å². The first kappa shape index (κ1) is 22.4. The Bertz CT molecular complexity index is 1190. The molecule has 1 amide bonds.